The van der Waals surface area contributed by atoms with Gasteiger partial charge in [0.2, 0.25) is 5.82 Å². The number of carboxylic acid groups (broad SMARTS) is 1. The Labute approximate surface area is 103 Å². The van der Waals surface area contributed by atoms with Crippen LogP contribution in [0.25, 0.3) is 0 Å². The van der Waals surface area contributed by atoms with Crippen LogP contribution in [0.1, 0.15) is 13.3 Å². The van der Waals surface area contributed by atoms with Gasteiger partial charge < -0.3 is 10.0 Å². The lowest BCUT2D eigenvalue weighted by Gasteiger charge is -2.19. The summed E-state index contributed by atoms with van der Waals surface area (Å²) in [5.41, 5.74) is -0.960. The van der Waals surface area contributed by atoms with E-state index >= 15 is 0 Å². The molecule has 0 radical (unpaired) electrons. The summed E-state index contributed by atoms with van der Waals surface area (Å²) >= 11 is 0. The van der Waals surface area contributed by atoms with Crippen molar-refractivity contribution in [1.29, 1.82) is 0 Å². The van der Waals surface area contributed by atoms with Crippen LogP contribution in [0.15, 0.2) is 6.20 Å². The van der Waals surface area contributed by atoms with Crippen LogP contribution in [-0.4, -0.2) is 38.9 Å². The largest absolute Gasteiger partial charge is 0.481 e. The number of carboxylic acids is 1. The molecule has 1 unspecified atom stereocenters. The quantitative estimate of drug-likeness (QED) is 0.627. The number of hydrogen-bond donors (Lipinski definition) is 1. The lowest BCUT2D eigenvalue weighted by Crippen LogP contribution is -2.32. The molecule has 1 aromatic rings. The molecular weight excluding hydrogens is 240 g/mol. The molecular formula is C10H14N4O4. The number of nitrogens with zero attached hydrogens (tertiary/aromatic N) is 4. The highest BCUT2D eigenvalue weighted by atomic mass is 16.6. The third-order valence-electron chi connectivity index (χ3n) is 3.28. The zero-order chi connectivity index (χ0) is 13.5. The monoisotopic (exact) mass is 254 g/mol. The molecule has 0 aliphatic carbocycles. The number of aliphatic carboxylic acids is 1. The van der Waals surface area contributed by atoms with Gasteiger partial charge in [0.05, 0.1) is 10.3 Å². The Hall–Kier alpha value is -2.12. The first kappa shape index (κ1) is 12.3. The maximum atomic E-state index is 11.1. The number of aromatic nitrogens is 2. The summed E-state index contributed by atoms with van der Waals surface area (Å²) in [5, 5.41) is 24.1. The first-order chi connectivity index (χ1) is 8.33. The van der Waals surface area contributed by atoms with Crippen molar-refractivity contribution in [3.8, 4) is 0 Å². The molecule has 0 amide bonds. The topological polar surface area (TPSA) is 102 Å². The van der Waals surface area contributed by atoms with Gasteiger partial charge in [0, 0.05) is 20.1 Å². The van der Waals surface area contributed by atoms with Crippen molar-refractivity contribution in [3.05, 3.63) is 16.3 Å². The summed E-state index contributed by atoms with van der Waals surface area (Å²) in [6.07, 6.45) is 1.78. The highest BCUT2D eigenvalue weighted by molar-refractivity contribution is 5.76. The van der Waals surface area contributed by atoms with Gasteiger partial charge in [-0.1, -0.05) is 0 Å². The van der Waals surface area contributed by atoms with Gasteiger partial charge in [-0.25, -0.2) is 0 Å². The lowest BCUT2D eigenvalue weighted by atomic mass is 9.90. The van der Waals surface area contributed by atoms with Crippen molar-refractivity contribution in [2.24, 2.45) is 12.5 Å². The van der Waals surface area contributed by atoms with E-state index in [1.807, 2.05) is 0 Å². The molecule has 1 N–H and O–H groups in total. The van der Waals surface area contributed by atoms with Gasteiger partial charge in [-0.2, -0.15) is 0 Å². The van der Waals surface area contributed by atoms with Crippen molar-refractivity contribution < 1.29 is 14.8 Å². The van der Waals surface area contributed by atoms with Crippen molar-refractivity contribution >= 4 is 17.5 Å². The van der Waals surface area contributed by atoms with Crippen LogP contribution in [0.3, 0.4) is 0 Å². The van der Waals surface area contributed by atoms with Gasteiger partial charge in [0.15, 0.2) is 0 Å². The summed E-state index contributed by atoms with van der Waals surface area (Å²) in [5.74, 6) is -0.643. The van der Waals surface area contributed by atoms with Crippen molar-refractivity contribution in [1.82, 2.24) is 9.78 Å². The van der Waals surface area contributed by atoms with E-state index in [-0.39, 0.29) is 18.1 Å². The smallest absolute Gasteiger partial charge is 0.330 e. The second-order valence-electron chi connectivity index (χ2n) is 4.81. The fraction of sp³-hybridized carbons (Fsp3) is 0.600. The Kier molecular flexibility index (Phi) is 2.72. The maximum absolute atomic E-state index is 11.1. The summed E-state index contributed by atoms with van der Waals surface area (Å²) in [6, 6.07) is 0. The minimum atomic E-state index is -0.886. The number of anilines is 1. The predicted molar refractivity (Wildman–Crippen MR) is 62.4 cm³/mol. The SMILES string of the molecule is Cn1cc([N+](=O)[O-])c(N2CCC(C)(C(=O)O)C2)n1. The Bertz CT molecular complexity index is 512. The minimum Gasteiger partial charge on any atom is -0.481 e. The van der Waals surface area contributed by atoms with Gasteiger partial charge in [0.25, 0.3) is 0 Å². The second kappa shape index (κ2) is 3.97. The van der Waals surface area contributed by atoms with E-state index in [2.05, 4.69) is 5.10 Å². The Morgan fingerprint density at radius 2 is 2.33 bits per heavy atom. The van der Waals surface area contributed by atoms with Gasteiger partial charge in [-0.05, 0) is 13.3 Å². The average Bonchev–Trinajstić information content (AvgIpc) is 2.83. The fourth-order valence-electron chi connectivity index (χ4n) is 2.13. The highest BCUT2D eigenvalue weighted by Crippen LogP contribution is 2.36. The summed E-state index contributed by atoms with van der Waals surface area (Å²) < 4.78 is 1.36. The molecule has 0 aromatic carbocycles. The third kappa shape index (κ3) is 1.89. The van der Waals surface area contributed by atoms with Gasteiger partial charge in [-0.3, -0.25) is 19.6 Å². The summed E-state index contributed by atoms with van der Waals surface area (Å²) in [7, 11) is 1.60. The molecule has 8 nitrogen and oxygen atoms in total. The van der Waals surface area contributed by atoms with Gasteiger partial charge in [-0.15, -0.1) is 5.10 Å². The molecule has 0 bridgehead atoms. The zero-order valence-electron chi connectivity index (χ0n) is 10.2. The number of aryl methyl sites for hydroxylation is 1. The van der Waals surface area contributed by atoms with Gasteiger partial charge >= 0.3 is 11.7 Å². The molecule has 0 spiro atoms. The number of nitro groups is 1. The van der Waals surface area contributed by atoms with E-state index in [9.17, 15) is 14.9 Å². The molecule has 2 rings (SSSR count). The van der Waals surface area contributed by atoms with Crippen LogP contribution in [0.2, 0.25) is 0 Å². The molecule has 8 heteroatoms. The average molecular weight is 254 g/mol. The van der Waals surface area contributed by atoms with E-state index < -0.39 is 16.3 Å². The van der Waals surface area contributed by atoms with E-state index in [0.29, 0.717) is 13.0 Å². The van der Waals surface area contributed by atoms with E-state index in [1.165, 1.54) is 10.9 Å². The summed E-state index contributed by atoms with van der Waals surface area (Å²) in [6.45, 7) is 2.34. The zero-order valence-corrected chi connectivity index (χ0v) is 10.2. The second-order valence-corrected chi connectivity index (χ2v) is 4.81. The van der Waals surface area contributed by atoms with Crippen LogP contribution in [0.5, 0.6) is 0 Å². The molecule has 1 atom stereocenters. The van der Waals surface area contributed by atoms with Crippen LogP contribution >= 0.6 is 0 Å². The van der Waals surface area contributed by atoms with Crippen molar-refractivity contribution in [3.63, 3.8) is 0 Å². The van der Waals surface area contributed by atoms with Crippen molar-refractivity contribution in [2.45, 2.75) is 13.3 Å². The standard InChI is InChI=1S/C10H14N4O4/c1-10(9(15)16)3-4-13(6-10)8-7(14(17)18)5-12(2)11-8/h5H,3-4,6H2,1-2H3,(H,15,16). The van der Waals surface area contributed by atoms with Crippen LogP contribution < -0.4 is 4.90 Å². The first-order valence-electron chi connectivity index (χ1n) is 5.50. The van der Waals surface area contributed by atoms with E-state index in [1.54, 1.807) is 18.9 Å². The van der Waals surface area contributed by atoms with E-state index in [4.69, 9.17) is 5.11 Å². The summed E-state index contributed by atoms with van der Waals surface area (Å²) in [4.78, 5) is 23.2. The Morgan fingerprint density at radius 3 is 2.83 bits per heavy atom. The Morgan fingerprint density at radius 1 is 1.67 bits per heavy atom. The van der Waals surface area contributed by atoms with Crippen LogP contribution in [-0.2, 0) is 11.8 Å². The molecule has 1 fully saturated rings. The predicted octanol–water partition coefficient (Wildman–Crippen LogP) is 0.629. The maximum Gasteiger partial charge on any atom is 0.330 e. The molecule has 18 heavy (non-hydrogen) atoms. The molecule has 2 heterocycles. The highest BCUT2D eigenvalue weighted by Gasteiger charge is 2.42. The fourth-order valence-corrected chi connectivity index (χ4v) is 2.13. The normalized spacial score (nSPS) is 23.3. The number of hydrogen-bond acceptors (Lipinski definition) is 5. The number of rotatable bonds is 3. The third-order valence-corrected chi connectivity index (χ3v) is 3.28. The molecule has 1 aromatic heterocycles. The van der Waals surface area contributed by atoms with Crippen molar-refractivity contribution in [2.75, 3.05) is 18.0 Å². The molecule has 1 saturated heterocycles. The number of carbonyl (C=O) groups is 1. The molecule has 0 saturated carbocycles. The lowest BCUT2D eigenvalue weighted by molar-refractivity contribution is -0.384. The van der Waals surface area contributed by atoms with Crippen LogP contribution in [0.4, 0.5) is 11.5 Å². The molecule has 98 valence electrons. The molecule has 1 aliphatic heterocycles. The molecule has 1 aliphatic rings. The van der Waals surface area contributed by atoms with Crippen LogP contribution in [0, 0.1) is 15.5 Å². The first-order valence-corrected chi connectivity index (χ1v) is 5.50. The minimum absolute atomic E-state index is 0.0906. The van der Waals surface area contributed by atoms with E-state index in [0.717, 1.165) is 0 Å². The van der Waals surface area contributed by atoms with Gasteiger partial charge in [0.1, 0.15) is 6.20 Å². The Balaban J connectivity index is 2.30.